The molecule has 0 amide bonds. The highest BCUT2D eigenvalue weighted by atomic mass is 16.6. The molecule has 0 saturated heterocycles. The van der Waals surface area contributed by atoms with Crippen LogP contribution >= 0.6 is 0 Å². The predicted molar refractivity (Wildman–Crippen MR) is 69.2 cm³/mol. The number of non-ortho nitro benzene ring substituents is 1. The molecule has 0 bridgehead atoms. The number of hydrogen-bond donors (Lipinski definition) is 1. The van der Waals surface area contributed by atoms with Crippen molar-refractivity contribution in [3.8, 4) is 0 Å². The van der Waals surface area contributed by atoms with Gasteiger partial charge in [0.05, 0.1) is 4.92 Å². The van der Waals surface area contributed by atoms with E-state index in [0.29, 0.717) is 6.04 Å². The van der Waals surface area contributed by atoms with Gasteiger partial charge in [0.15, 0.2) is 0 Å². The van der Waals surface area contributed by atoms with Crippen molar-refractivity contribution in [2.75, 3.05) is 6.54 Å². The van der Waals surface area contributed by atoms with E-state index in [1.807, 2.05) is 6.07 Å². The van der Waals surface area contributed by atoms with Crippen LogP contribution in [-0.4, -0.2) is 17.5 Å². The molecule has 0 heterocycles. The smallest absolute Gasteiger partial charge is 0.269 e. The number of aryl methyl sites for hydroxylation is 1. The molecule has 4 heteroatoms. The molecule has 4 nitrogen and oxygen atoms in total. The molecule has 0 fully saturated rings. The second-order valence-corrected chi connectivity index (χ2v) is 4.13. The molecule has 0 spiro atoms. The third-order valence-corrected chi connectivity index (χ3v) is 2.89. The molecule has 0 aliphatic rings. The number of nitrogens with one attached hydrogen (secondary N) is 1. The average Bonchev–Trinajstić information content (AvgIpc) is 2.34. The molecule has 0 aromatic heterocycles. The standard InChI is InChI=1S/C13H20N2O2/c1-3-12(14-4-2)9-8-11-6-5-7-13(10-11)15(16)17/h5-7,10,12,14H,3-4,8-9H2,1-2H3. The summed E-state index contributed by atoms with van der Waals surface area (Å²) in [6.07, 6.45) is 2.99. The van der Waals surface area contributed by atoms with Gasteiger partial charge in [-0.05, 0) is 31.4 Å². The van der Waals surface area contributed by atoms with Crippen molar-refractivity contribution < 1.29 is 4.92 Å². The third kappa shape index (κ3) is 4.53. The van der Waals surface area contributed by atoms with Crippen LogP contribution in [0.2, 0.25) is 0 Å². The fraction of sp³-hybridized carbons (Fsp3) is 0.538. The lowest BCUT2D eigenvalue weighted by molar-refractivity contribution is -0.384. The summed E-state index contributed by atoms with van der Waals surface area (Å²) in [5.74, 6) is 0. The minimum atomic E-state index is -0.342. The summed E-state index contributed by atoms with van der Waals surface area (Å²) in [5.41, 5.74) is 1.22. The van der Waals surface area contributed by atoms with Crippen LogP contribution in [0.5, 0.6) is 0 Å². The van der Waals surface area contributed by atoms with Crippen molar-refractivity contribution in [2.24, 2.45) is 0 Å². The molecular weight excluding hydrogens is 216 g/mol. The molecule has 1 aromatic carbocycles. The van der Waals surface area contributed by atoms with Crippen LogP contribution in [-0.2, 0) is 6.42 Å². The minimum absolute atomic E-state index is 0.180. The first-order chi connectivity index (χ1) is 8.17. The molecule has 1 aromatic rings. The quantitative estimate of drug-likeness (QED) is 0.585. The fourth-order valence-corrected chi connectivity index (χ4v) is 1.91. The summed E-state index contributed by atoms with van der Waals surface area (Å²) < 4.78 is 0. The Labute approximate surface area is 102 Å². The summed E-state index contributed by atoms with van der Waals surface area (Å²) >= 11 is 0. The molecule has 0 aliphatic carbocycles. The summed E-state index contributed by atoms with van der Waals surface area (Å²) in [7, 11) is 0. The topological polar surface area (TPSA) is 55.2 Å². The van der Waals surface area contributed by atoms with E-state index in [2.05, 4.69) is 19.2 Å². The molecule has 94 valence electrons. The third-order valence-electron chi connectivity index (χ3n) is 2.89. The van der Waals surface area contributed by atoms with Gasteiger partial charge in [0, 0.05) is 18.2 Å². The highest BCUT2D eigenvalue weighted by molar-refractivity contribution is 5.34. The maximum absolute atomic E-state index is 10.6. The average molecular weight is 236 g/mol. The lowest BCUT2D eigenvalue weighted by atomic mass is 10.0. The molecule has 17 heavy (non-hydrogen) atoms. The Kier molecular flexibility index (Phi) is 5.63. The number of rotatable bonds is 7. The molecule has 1 atom stereocenters. The Balaban J connectivity index is 2.56. The van der Waals surface area contributed by atoms with Gasteiger partial charge in [-0.1, -0.05) is 26.0 Å². The first-order valence-corrected chi connectivity index (χ1v) is 6.14. The van der Waals surface area contributed by atoms with Crippen molar-refractivity contribution >= 4 is 5.69 Å². The van der Waals surface area contributed by atoms with Crippen LogP contribution in [0.3, 0.4) is 0 Å². The number of nitrogens with zero attached hydrogens (tertiary/aromatic N) is 1. The summed E-state index contributed by atoms with van der Waals surface area (Å²) in [6, 6.07) is 7.40. The zero-order valence-electron chi connectivity index (χ0n) is 10.5. The van der Waals surface area contributed by atoms with Crippen LogP contribution < -0.4 is 5.32 Å². The molecule has 0 radical (unpaired) electrons. The summed E-state index contributed by atoms with van der Waals surface area (Å²) in [5, 5.41) is 14.0. The second kappa shape index (κ2) is 7.01. The van der Waals surface area contributed by atoms with Gasteiger partial charge in [0.25, 0.3) is 5.69 Å². The largest absolute Gasteiger partial charge is 0.314 e. The highest BCUT2D eigenvalue weighted by Gasteiger charge is 2.08. The van der Waals surface area contributed by atoms with E-state index < -0.39 is 0 Å². The molecule has 1 unspecified atom stereocenters. The van der Waals surface area contributed by atoms with Crippen LogP contribution in [0, 0.1) is 10.1 Å². The van der Waals surface area contributed by atoms with Crippen molar-refractivity contribution in [3.63, 3.8) is 0 Å². The van der Waals surface area contributed by atoms with Gasteiger partial charge in [-0.2, -0.15) is 0 Å². The van der Waals surface area contributed by atoms with E-state index in [1.54, 1.807) is 12.1 Å². The Morgan fingerprint density at radius 3 is 2.76 bits per heavy atom. The van der Waals surface area contributed by atoms with Gasteiger partial charge in [-0.25, -0.2) is 0 Å². The van der Waals surface area contributed by atoms with E-state index in [0.717, 1.165) is 31.4 Å². The first-order valence-electron chi connectivity index (χ1n) is 6.14. The normalized spacial score (nSPS) is 12.4. The van der Waals surface area contributed by atoms with Crippen LogP contribution in [0.25, 0.3) is 0 Å². The van der Waals surface area contributed by atoms with Gasteiger partial charge in [0.1, 0.15) is 0 Å². The fourth-order valence-electron chi connectivity index (χ4n) is 1.91. The summed E-state index contributed by atoms with van der Waals surface area (Å²) in [4.78, 5) is 10.3. The second-order valence-electron chi connectivity index (χ2n) is 4.13. The van der Waals surface area contributed by atoms with Crippen molar-refractivity contribution in [3.05, 3.63) is 39.9 Å². The number of hydrogen-bond acceptors (Lipinski definition) is 3. The molecular formula is C13H20N2O2. The maximum Gasteiger partial charge on any atom is 0.269 e. The Morgan fingerprint density at radius 1 is 1.41 bits per heavy atom. The van der Waals surface area contributed by atoms with Crippen LogP contribution in [0.4, 0.5) is 5.69 Å². The Bertz CT molecular complexity index is 366. The molecule has 0 saturated carbocycles. The van der Waals surface area contributed by atoms with Gasteiger partial charge in [0.2, 0.25) is 0 Å². The Morgan fingerprint density at radius 2 is 2.18 bits per heavy atom. The van der Waals surface area contributed by atoms with Gasteiger partial charge >= 0.3 is 0 Å². The molecule has 1 rings (SSSR count). The Hall–Kier alpha value is -1.42. The minimum Gasteiger partial charge on any atom is -0.314 e. The summed E-state index contributed by atoms with van der Waals surface area (Å²) in [6.45, 7) is 5.21. The number of nitro benzene ring substituents is 1. The highest BCUT2D eigenvalue weighted by Crippen LogP contribution is 2.15. The van der Waals surface area contributed by atoms with Gasteiger partial charge < -0.3 is 5.32 Å². The zero-order chi connectivity index (χ0) is 12.7. The van der Waals surface area contributed by atoms with Crippen molar-refractivity contribution in [1.82, 2.24) is 5.32 Å². The van der Waals surface area contributed by atoms with Gasteiger partial charge in [-0.15, -0.1) is 0 Å². The van der Waals surface area contributed by atoms with Crippen LogP contribution in [0.1, 0.15) is 32.3 Å². The van der Waals surface area contributed by atoms with Crippen LogP contribution in [0.15, 0.2) is 24.3 Å². The van der Waals surface area contributed by atoms with Crippen molar-refractivity contribution in [2.45, 2.75) is 39.2 Å². The molecule has 0 aliphatic heterocycles. The van der Waals surface area contributed by atoms with Crippen molar-refractivity contribution in [1.29, 1.82) is 0 Å². The lowest BCUT2D eigenvalue weighted by Gasteiger charge is -2.15. The maximum atomic E-state index is 10.6. The van der Waals surface area contributed by atoms with E-state index in [1.165, 1.54) is 6.07 Å². The SMILES string of the molecule is CCNC(CC)CCc1cccc([N+](=O)[O-])c1. The van der Waals surface area contributed by atoms with E-state index in [4.69, 9.17) is 0 Å². The van der Waals surface area contributed by atoms with Gasteiger partial charge in [-0.3, -0.25) is 10.1 Å². The van der Waals surface area contributed by atoms with E-state index in [9.17, 15) is 10.1 Å². The molecule has 1 N–H and O–H groups in total. The lowest BCUT2D eigenvalue weighted by Crippen LogP contribution is -2.28. The number of benzene rings is 1. The van der Waals surface area contributed by atoms with E-state index >= 15 is 0 Å². The monoisotopic (exact) mass is 236 g/mol. The zero-order valence-corrected chi connectivity index (χ0v) is 10.5. The van der Waals surface area contributed by atoms with E-state index in [-0.39, 0.29) is 10.6 Å². The predicted octanol–water partition coefficient (Wildman–Crippen LogP) is 2.92. The number of nitro groups is 1. The first kappa shape index (κ1) is 13.6.